The molecule has 0 saturated carbocycles. The van der Waals surface area contributed by atoms with Crippen molar-refractivity contribution in [3.8, 4) is 0 Å². The Kier molecular flexibility index (Phi) is 6.18. The lowest BCUT2D eigenvalue weighted by Gasteiger charge is -2.34. The van der Waals surface area contributed by atoms with Gasteiger partial charge in [0.2, 0.25) is 0 Å². The summed E-state index contributed by atoms with van der Waals surface area (Å²) in [6.07, 6.45) is 3.53. The van der Waals surface area contributed by atoms with Crippen LogP contribution in [0.3, 0.4) is 0 Å². The minimum atomic E-state index is 0.346. The van der Waals surface area contributed by atoms with Gasteiger partial charge in [-0.25, -0.2) is 0 Å². The summed E-state index contributed by atoms with van der Waals surface area (Å²) in [6.45, 7) is 10.3. The number of halogens is 1. The Morgan fingerprint density at radius 3 is 2.59 bits per heavy atom. The van der Waals surface area contributed by atoms with Crippen LogP contribution in [0.1, 0.15) is 45.4 Å². The zero-order valence-electron chi connectivity index (χ0n) is 11.3. The third-order valence-corrected chi connectivity index (χ3v) is 5.52. The summed E-state index contributed by atoms with van der Waals surface area (Å²) in [5.74, 6) is 0. The minimum Gasteiger partial charge on any atom is -0.313 e. The molecule has 98 valence electrons. The van der Waals surface area contributed by atoms with E-state index in [-0.39, 0.29) is 0 Å². The molecule has 0 amide bonds. The summed E-state index contributed by atoms with van der Waals surface area (Å²) in [7, 11) is 0. The van der Waals surface area contributed by atoms with Crippen LogP contribution in [0, 0.1) is 5.41 Å². The van der Waals surface area contributed by atoms with Gasteiger partial charge >= 0.3 is 0 Å². The summed E-state index contributed by atoms with van der Waals surface area (Å²) in [5.41, 5.74) is 0.346. The molecule has 1 unspecified atom stereocenters. The van der Waals surface area contributed by atoms with Crippen molar-refractivity contribution in [2.45, 2.75) is 53.0 Å². The summed E-state index contributed by atoms with van der Waals surface area (Å²) in [6, 6.07) is 2.71. The molecule has 1 rings (SSSR count). The lowest BCUT2D eigenvalue weighted by molar-refractivity contribution is 0.231. The van der Waals surface area contributed by atoms with E-state index < -0.39 is 0 Å². The quantitative estimate of drug-likeness (QED) is 0.757. The maximum Gasteiger partial charge on any atom is 0.0314 e. The fourth-order valence-corrected chi connectivity index (χ4v) is 3.41. The average Bonchev–Trinajstić information content (AvgIpc) is 2.70. The molecule has 1 atom stereocenters. The van der Waals surface area contributed by atoms with E-state index in [1.165, 1.54) is 22.2 Å². The second-order valence-corrected chi connectivity index (χ2v) is 7.10. The first-order valence-electron chi connectivity index (χ1n) is 6.46. The Labute approximate surface area is 118 Å². The van der Waals surface area contributed by atoms with Gasteiger partial charge in [0.25, 0.3) is 0 Å². The molecule has 0 aromatic carbocycles. The van der Waals surface area contributed by atoms with E-state index >= 15 is 0 Å². The van der Waals surface area contributed by atoms with Crippen LogP contribution < -0.4 is 5.32 Å². The van der Waals surface area contributed by atoms with E-state index in [1.54, 1.807) is 0 Å². The molecule has 0 bridgehead atoms. The Morgan fingerprint density at radius 1 is 1.41 bits per heavy atom. The van der Waals surface area contributed by atoms with Gasteiger partial charge in [-0.15, -0.1) is 11.3 Å². The Balaban J connectivity index is 2.73. The van der Waals surface area contributed by atoms with Gasteiger partial charge in [-0.1, -0.05) is 27.7 Å². The van der Waals surface area contributed by atoms with Crippen LogP contribution in [0.15, 0.2) is 15.9 Å². The first-order valence-corrected chi connectivity index (χ1v) is 8.13. The smallest absolute Gasteiger partial charge is 0.0314 e. The van der Waals surface area contributed by atoms with E-state index in [2.05, 4.69) is 60.4 Å². The zero-order valence-corrected chi connectivity index (χ0v) is 13.7. The van der Waals surface area contributed by atoms with Gasteiger partial charge in [0, 0.05) is 15.4 Å². The summed E-state index contributed by atoms with van der Waals surface area (Å²) in [4.78, 5) is 1.46. The van der Waals surface area contributed by atoms with E-state index in [1.807, 2.05) is 11.3 Å². The van der Waals surface area contributed by atoms with E-state index in [0.717, 1.165) is 13.0 Å². The molecule has 17 heavy (non-hydrogen) atoms. The highest BCUT2D eigenvalue weighted by Gasteiger charge is 2.28. The Hall–Kier alpha value is 0.140. The Bertz CT molecular complexity index is 333. The highest BCUT2D eigenvalue weighted by molar-refractivity contribution is 9.10. The van der Waals surface area contributed by atoms with Gasteiger partial charge in [0.1, 0.15) is 0 Å². The minimum absolute atomic E-state index is 0.346. The lowest BCUT2D eigenvalue weighted by Crippen LogP contribution is -2.43. The molecule has 0 fully saturated rings. The molecule has 0 aliphatic rings. The van der Waals surface area contributed by atoms with Gasteiger partial charge in [-0.3, -0.25) is 0 Å². The van der Waals surface area contributed by atoms with Gasteiger partial charge in [-0.2, -0.15) is 0 Å². The van der Waals surface area contributed by atoms with Crippen molar-refractivity contribution < 1.29 is 0 Å². The van der Waals surface area contributed by atoms with Crippen molar-refractivity contribution in [1.82, 2.24) is 5.32 Å². The molecule has 0 radical (unpaired) electrons. The summed E-state index contributed by atoms with van der Waals surface area (Å²) in [5, 5.41) is 5.87. The van der Waals surface area contributed by atoms with Gasteiger partial charge in [0.05, 0.1) is 0 Å². The second-order valence-electron chi connectivity index (χ2n) is 5.24. The molecule has 0 saturated heterocycles. The van der Waals surface area contributed by atoms with Crippen LogP contribution in [-0.2, 0) is 6.42 Å². The van der Waals surface area contributed by atoms with Crippen molar-refractivity contribution in [3.63, 3.8) is 0 Å². The largest absolute Gasteiger partial charge is 0.313 e. The topological polar surface area (TPSA) is 12.0 Å². The molecule has 1 aromatic rings. The Morgan fingerprint density at radius 2 is 2.12 bits per heavy atom. The van der Waals surface area contributed by atoms with E-state index in [4.69, 9.17) is 0 Å². The van der Waals surface area contributed by atoms with Crippen molar-refractivity contribution in [2.75, 3.05) is 6.54 Å². The van der Waals surface area contributed by atoms with Crippen molar-refractivity contribution in [2.24, 2.45) is 5.41 Å². The van der Waals surface area contributed by atoms with Crippen molar-refractivity contribution in [3.05, 3.63) is 20.8 Å². The molecular formula is C14H24BrNS. The maximum absolute atomic E-state index is 3.71. The van der Waals surface area contributed by atoms with E-state index in [0.29, 0.717) is 11.5 Å². The second kappa shape index (κ2) is 6.91. The van der Waals surface area contributed by atoms with Crippen LogP contribution in [0.2, 0.25) is 0 Å². The maximum atomic E-state index is 3.71. The highest BCUT2D eigenvalue weighted by Crippen LogP contribution is 2.31. The van der Waals surface area contributed by atoms with Crippen molar-refractivity contribution >= 4 is 27.3 Å². The summed E-state index contributed by atoms with van der Waals surface area (Å²) >= 11 is 5.49. The molecule has 1 nitrogen and oxygen atoms in total. The number of nitrogens with one attached hydrogen (secondary N) is 1. The van der Waals surface area contributed by atoms with Crippen LogP contribution in [0.5, 0.6) is 0 Å². The molecule has 1 aromatic heterocycles. The number of thiophene rings is 1. The van der Waals surface area contributed by atoms with Crippen LogP contribution in [0.25, 0.3) is 0 Å². The predicted octanol–water partition coefficient (Wildman–Crippen LogP) is 4.86. The molecular weight excluding hydrogens is 294 g/mol. The fourth-order valence-electron chi connectivity index (χ4n) is 1.85. The standard InChI is InChI=1S/C14H24BrNS/c1-5-8-16-13(14(3,4)6-2)10-12-11(15)7-9-17-12/h7,9,13,16H,5-6,8,10H2,1-4H3. The van der Waals surface area contributed by atoms with Gasteiger partial charge in [-0.05, 0) is 58.6 Å². The number of rotatable bonds is 7. The zero-order chi connectivity index (χ0) is 12.9. The summed E-state index contributed by atoms with van der Waals surface area (Å²) < 4.78 is 1.26. The third-order valence-electron chi connectivity index (χ3n) is 3.58. The molecule has 1 N–H and O–H groups in total. The monoisotopic (exact) mass is 317 g/mol. The molecule has 3 heteroatoms. The number of hydrogen-bond donors (Lipinski definition) is 1. The van der Waals surface area contributed by atoms with Crippen LogP contribution in [0.4, 0.5) is 0 Å². The first kappa shape index (κ1) is 15.2. The molecule has 0 aliphatic heterocycles. The molecule has 1 heterocycles. The average molecular weight is 318 g/mol. The van der Waals surface area contributed by atoms with Crippen molar-refractivity contribution in [1.29, 1.82) is 0 Å². The first-order chi connectivity index (χ1) is 8.01. The normalized spacial score (nSPS) is 13.9. The molecule has 0 spiro atoms. The van der Waals surface area contributed by atoms with Crippen LogP contribution in [-0.4, -0.2) is 12.6 Å². The SMILES string of the molecule is CCCNC(Cc1sccc1Br)C(C)(C)CC. The van der Waals surface area contributed by atoms with Gasteiger partial charge < -0.3 is 5.32 Å². The molecule has 0 aliphatic carbocycles. The predicted molar refractivity (Wildman–Crippen MR) is 81.9 cm³/mol. The van der Waals surface area contributed by atoms with E-state index in [9.17, 15) is 0 Å². The lowest BCUT2D eigenvalue weighted by atomic mass is 9.80. The number of hydrogen-bond acceptors (Lipinski definition) is 2. The third kappa shape index (κ3) is 4.38. The van der Waals surface area contributed by atoms with Crippen LogP contribution >= 0.6 is 27.3 Å². The highest BCUT2D eigenvalue weighted by atomic mass is 79.9. The van der Waals surface area contributed by atoms with Gasteiger partial charge in [0.15, 0.2) is 0 Å². The fraction of sp³-hybridized carbons (Fsp3) is 0.714.